The standard InChI is InChI=1S/C10H12N2O2/c1-7(13)6-12-9-5-3-2-4-8(9)11-10(12)14/h2-5,7,13H,6H2,1H3,(H,11,14). The van der Waals surface area contributed by atoms with Crippen molar-refractivity contribution in [2.24, 2.45) is 0 Å². The van der Waals surface area contributed by atoms with Crippen LogP contribution in [0.4, 0.5) is 0 Å². The molecular weight excluding hydrogens is 180 g/mol. The lowest BCUT2D eigenvalue weighted by molar-refractivity contribution is 0.174. The Morgan fingerprint density at radius 2 is 2.21 bits per heavy atom. The summed E-state index contributed by atoms with van der Waals surface area (Å²) in [6.45, 7) is 1.98. The molecule has 2 N–H and O–H groups in total. The van der Waals surface area contributed by atoms with Gasteiger partial charge in [0, 0.05) is 0 Å². The van der Waals surface area contributed by atoms with E-state index in [2.05, 4.69) is 4.98 Å². The van der Waals surface area contributed by atoms with Crippen molar-refractivity contribution in [3.8, 4) is 0 Å². The Morgan fingerprint density at radius 3 is 2.93 bits per heavy atom. The molecule has 4 nitrogen and oxygen atoms in total. The minimum Gasteiger partial charge on any atom is -0.392 e. The van der Waals surface area contributed by atoms with E-state index in [9.17, 15) is 9.90 Å². The van der Waals surface area contributed by atoms with Gasteiger partial charge in [0.25, 0.3) is 0 Å². The van der Waals surface area contributed by atoms with Crippen molar-refractivity contribution in [1.29, 1.82) is 0 Å². The lowest BCUT2D eigenvalue weighted by atomic mass is 10.3. The summed E-state index contributed by atoms with van der Waals surface area (Å²) in [6.07, 6.45) is -0.521. The fourth-order valence-electron chi connectivity index (χ4n) is 1.55. The van der Waals surface area contributed by atoms with E-state index in [1.807, 2.05) is 24.3 Å². The lowest BCUT2D eigenvalue weighted by Gasteiger charge is -2.04. The molecule has 14 heavy (non-hydrogen) atoms. The van der Waals surface area contributed by atoms with Gasteiger partial charge in [-0.15, -0.1) is 0 Å². The van der Waals surface area contributed by atoms with Crippen molar-refractivity contribution < 1.29 is 5.11 Å². The first-order valence-corrected chi connectivity index (χ1v) is 4.54. The number of imidazole rings is 1. The Bertz CT molecular complexity index is 496. The van der Waals surface area contributed by atoms with E-state index in [4.69, 9.17) is 0 Å². The van der Waals surface area contributed by atoms with E-state index in [1.165, 1.54) is 0 Å². The third kappa shape index (κ3) is 1.44. The number of benzene rings is 1. The second kappa shape index (κ2) is 3.31. The Hall–Kier alpha value is -1.55. The predicted octanol–water partition coefficient (Wildman–Crippen LogP) is 0.710. The first kappa shape index (κ1) is 9.02. The number of rotatable bonds is 2. The fourth-order valence-corrected chi connectivity index (χ4v) is 1.55. The Morgan fingerprint density at radius 1 is 1.50 bits per heavy atom. The molecule has 0 saturated carbocycles. The zero-order valence-corrected chi connectivity index (χ0v) is 7.90. The first-order valence-electron chi connectivity index (χ1n) is 4.54. The number of aromatic nitrogens is 2. The SMILES string of the molecule is CC(O)Cn1c(=O)[nH]c2ccccc21. The van der Waals surface area contributed by atoms with Gasteiger partial charge in [0.15, 0.2) is 0 Å². The van der Waals surface area contributed by atoms with Gasteiger partial charge in [-0.25, -0.2) is 4.79 Å². The van der Waals surface area contributed by atoms with Crippen LogP contribution in [0.1, 0.15) is 6.92 Å². The molecule has 1 aromatic carbocycles. The van der Waals surface area contributed by atoms with Gasteiger partial charge in [-0.05, 0) is 19.1 Å². The number of hydrogen-bond donors (Lipinski definition) is 2. The molecule has 0 aliphatic rings. The lowest BCUT2D eigenvalue weighted by Crippen LogP contribution is -2.22. The van der Waals surface area contributed by atoms with Crippen molar-refractivity contribution in [1.82, 2.24) is 9.55 Å². The Labute approximate surface area is 80.8 Å². The monoisotopic (exact) mass is 192 g/mol. The van der Waals surface area contributed by atoms with Gasteiger partial charge in [-0.3, -0.25) is 4.57 Å². The molecule has 74 valence electrons. The second-order valence-corrected chi connectivity index (χ2v) is 3.41. The van der Waals surface area contributed by atoms with Crippen LogP contribution >= 0.6 is 0 Å². The number of para-hydroxylation sites is 2. The van der Waals surface area contributed by atoms with Crippen molar-refractivity contribution in [2.45, 2.75) is 19.6 Å². The van der Waals surface area contributed by atoms with Gasteiger partial charge in [-0.2, -0.15) is 0 Å². The van der Waals surface area contributed by atoms with Gasteiger partial charge in [-0.1, -0.05) is 12.1 Å². The number of H-pyrrole nitrogens is 1. The molecule has 0 aliphatic heterocycles. The number of aliphatic hydroxyl groups excluding tert-OH is 1. The predicted molar refractivity (Wildman–Crippen MR) is 54.2 cm³/mol. The summed E-state index contributed by atoms with van der Waals surface area (Å²) in [7, 11) is 0. The van der Waals surface area contributed by atoms with Crippen molar-refractivity contribution in [3.63, 3.8) is 0 Å². The van der Waals surface area contributed by atoms with Crippen molar-refractivity contribution in [3.05, 3.63) is 34.7 Å². The zero-order chi connectivity index (χ0) is 10.1. The molecule has 0 bridgehead atoms. The summed E-state index contributed by atoms with van der Waals surface area (Å²) in [6, 6.07) is 7.43. The van der Waals surface area contributed by atoms with E-state index in [1.54, 1.807) is 11.5 Å². The minimum absolute atomic E-state index is 0.174. The largest absolute Gasteiger partial charge is 0.392 e. The maximum atomic E-state index is 11.5. The van der Waals surface area contributed by atoms with E-state index >= 15 is 0 Å². The molecule has 4 heteroatoms. The van der Waals surface area contributed by atoms with Crippen LogP contribution in [0.5, 0.6) is 0 Å². The normalized spacial score (nSPS) is 13.3. The Kier molecular flexibility index (Phi) is 2.13. The van der Waals surface area contributed by atoms with Gasteiger partial charge < -0.3 is 10.1 Å². The van der Waals surface area contributed by atoms with Crippen LogP contribution in [0.15, 0.2) is 29.1 Å². The summed E-state index contributed by atoms with van der Waals surface area (Å²) in [4.78, 5) is 14.2. The summed E-state index contributed by atoms with van der Waals surface area (Å²) in [5.41, 5.74) is 1.46. The Balaban J connectivity index is 2.62. The zero-order valence-electron chi connectivity index (χ0n) is 7.90. The first-order chi connectivity index (χ1) is 6.68. The fraction of sp³-hybridized carbons (Fsp3) is 0.300. The van der Waals surface area contributed by atoms with Gasteiger partial charge in [0.1, 0.15) is 0 Å². The van der Waals surface area contributed by atoms with Gasteiger partial charge in [0.2, 0.25) is 0 Å². The highest BCUT2D eigenvalue weighted by Crippen LogP contribution is 2.08. The molecule has 2 aromatic rings. The number of nitrogens with one attached hydrogen (secondary N) is 1. The van der Waals surface area contributed by atoms with Crippen LogP contribution < -0.4 is 5.69 Å². The number of nitrogens with zero attached hydrogens (tertiary/aromatic N) is 1. The highest BCUT2D eigenvalue weighted by molar-refractivity contribution is 5.74. The van der Waals surface area contributed by atoms with E-state index < -0.39 is 6.10 Å². The maximum Gasteiger partial charge on any atom is 0.326 e. The third-order valence-electron chi connectivity index (χ3n) is 2.13. The molecule has 0 amide bonds. The van der Waals surface area contributed by atoms with Crippen LogP contribution in [-0.2, 0) is 6.54 Å². The molecule has 1 unspecified atom stereocenters. The molecule has 1 aromatic heterocycles. The summed E-state index contributed by atoms with van der Waals surface area (Å²) in [5, 5.41) is 9.23. The quantitative estimate of drug-likeness (QED) is 0.736. The maximum absolute atomic E-state index is 11.5. The van der Waals surface area contributed by atoms with Crippen LogP contribution in [0, 0.1) is 0 Å². The molecule has 0 radical (unpaired) electrons. The minimum atomic E-state index is -0.521. The van der Waals surface area contributed by atoms with Crippen molar-refractivity contribution in [2.75, 3.05) is 0 Å². The number of aliphatic hydroxyl groups is 1. The molecule has 0 spiro atoms. The molecule has 1 heterocycles. The topological polar surface area (TPSA) is 58.0 Å². The smallest absolute Gasteiger partial charge is 0.326 e. The molecule has 0 aliphatic carbocycles. The highest BCUT2D eigenvalue weighted by Gasteiger charge is 2.07. The summed E-state index contributed by atoms with van der Waals surface area (Å²) in [5.74, 6) is 0. The summed E-state index contributed by atoms with van der Waals surface area (Å²) < 4.78 is 1.54. The van der Waals surface area contributed by atoms with E-state index in [0.29, 0.717) is 6.54 Å². The second-order valence-electron chi connectivity index (χ2n) is 3.41. The average Bonchev–Trinajstić information content (AvgIpc) is 2.43. The number of fused-ring (bicyclic) bond motifs is 1. The average molecular weight is 192 g/mol. The molecule has 2 rings (SSSR count). The van der Waals surface area contributed by atoms with Crippen LogP contribution in [0.3, 0.4) is 0 Å². The van der Waals surface area contributed by atoms with E-state index in [0.717, 1.165) is 11.0 Å². The number of aromatic amines is 1. The molecular formula is C10H12N2O2. The van der Waals surface area contributed by atoms with Crippen molar-refractivity contribution >= 4 is 11.0 Å². The van der Waals surface area contributed by atoms with E-state index in [-0.39, 0.29) is 5.69 Å². The highest BCUT2D eigenvalue weighted by atomic mass is 16.3. The van der Waals surface area contributed by atoms with Crippen LogP contribution in [0.2, 0.25) is 0 Å². The van der Waals surface area contributed by atoms with Gasteiger partial charge >= 0.3 is 5.69 Å². The third-order valence-corrected chi connectivity index (χ3v) is 2.13. The van der Waals surface area contributed by atoms with Crippen LogP contribution in [-0.4, -0.2) is 20.8 Å². The summed E-state index contributed by atoms with van der Waals surface area (Å²) >= 11 is 0. The van der Waals surface area contributed by atoms with Gasteiger partial charge in [0.05, 0.1) is 23.7 Å². The number of hydrogen-bond acceptors (Lipinski definition) is 2. The molecule has 0 fully saturated rings. The molecule has 0 saturated heterocycles. The van der Waals surface area contributed by atoms with Crippen LogP contribution in [0.25, 0.3) is 11.0 Å². The molecule has 1 atom stereocenters.